The summed E-state index contributed by atoms with van der Waals surface area (Å²) in [4.78, 5) is 0. The van der Waals surface area contributed by atoms with E-state index in [9.17, 15) is 0 Å². The highest BCUT2D eigenvalue weighted by Gasteiger charge is 2.07. The van der Waals surface area contributed by atoms with Gasteiger partial charge in [0.15, 0.2) is 0 Å². The minimum Gasteiger partial charge on any atom is -0.378 e. The van der Waals surface area contributed by atoms with Gasteiger partial charge in [-0.2, -0.15) is 0 Å². The lowest BCUT2D eigenvalue weighted by molar-refractivity contribution is 0.749. The molecule has 2 aromatic rings. The standard InChI is InChI=1S/C15H17N/c1-2-15(13-9-5-3-6-10-13)16-14-11-7-4-8-12-14/h3-12,15-16H,2H2,1H3/i1D. The van der Waals surface area contributed by atoms with Gasteiger partial charge in [0.2, 0.25) is 0 Å². The molecule has 0 heterocycles. The van der Waals surface area contributed by atoms with Crippen molar-refractivity contribution in [2.45, 2.75) is 19.4 Å². The zero-order chi connectivity index (χ0) is 11.9. The molecule has 0 aromatic heterocycles. The molecule has 0 spiro atoms. The summed E-state index contributed by atoms with van der Waals surface area (Å²) in [6.45, 7) is 0.430. The Morgan fingerprint density at radius 3 is 2.25 bits per heavy atom. The van der Waals surface area contributed by atoms with Crippen LogP contribution < -0.4 is 5.32 Å². The fourth-order valence-electron chi connectivity index (χ4n) is 1.74. The normalized spacial score (nSPS) is 12.9. The van der Waals surface area contributed by atoms with Crippen LogP contribution in [0, 0.1) is 0 Å². The lowest BCUT2D eigenvalue weighted by atomic mass is 10.0. The van der Waals surface area contributed by atoms with Crippen molar-refractivity contribution in [3.05, 3.63) is 66.2 Å². The van der Waals surface area contributed by atoms with Gasteiger partial charge in [-0.1, -0.05) is 55.4 Å². The van der Waals surface area contributed by atoms with Crippen LogP contribution in [-0.4, -0.2) is 0 Å². The summed E-state index contributed by atoms with van der Waals surface area (Å²) >= 11 is 0. The monoisotopic (exact) mass is 212 g/mol. The minimum absolute atomic E-state index is 0.219. The largest absolute Gasteiger partial charge is 0.378 e. The van der Waals surface area contributed by atoms with Gasteiger partial charge in [-0.25, -0.2) is 0 Å². The highest BCUT2D eigenvalue weighted by Crippen LogP contribution is 2.21. The van der Waals surface area contributed by atoms with Gasteiger partial charge in [0.1, 0.15) is 0 Å². The summed E-state index contributed by atoms with van der Waals surface area (Å²) in [6, 6.07) is 20.7. The first-order valence-corrected chi connectivity index (χ1v) is 5.56. The number of benzene rings is 2. The predicted molar refractivity (Wildman–Crippen MR) is 69.5 cm³/mol. The highest BCUT2D eigenvalue weighted by molar-refractivity contribution is 5.45. The summed E-state index contributed by atoms with van der Waals surface area (Å²) in [5.74, 6) is 0. The van der Waals surface area contributed by atoms with E-state index in [4.69, 9.17) is 1.37 Å². The Kier molecular flexibility index (Phi) is 3.17. The molecule has 0 saturated carbocycles. The van der Waals surface area contributed by atoms with E-state index in [0.717, 1.165) is 12.1 Å². The van der Waals surface area contributed by atoms with E-state index in [0.29, 0.717) is 6.90 Å². The van der Waals surface area contributed by atoms with Crippen LogP contribution in [-0.2, 0) is 0 Å². The first kappa shape index (κ1) is 9.46. The van der Waals surface area contributed by atoms with Crippen LogP contribution in [0.4, 0.5) is 5.69 Å². The second kappa shape index (κ2) is 5.36. The van der Waals surface area contributed by atoms with Crippen molar-refractivity contribution in [1.82, 2.24) is 0 Å². The van der Waals surface area contributed by atoms with Gasteiger partial charge in [-0.15, -0.1) is 0 Å². The van der Waals surface area contributed by atoms with Gasteiger partial charge < -0.3 is 5.32 Å². The Morgan fingerprint density at radius 1 is 1.00 bits per heavy atom. The molecule has 0 bridgehead atoms. The topological polar surface area (TPSA) is 12.0 Å². The number of para-hydroxylation sites is 1. The van der Waals surface area contributed by atoms with E-state index in [1.165, 1.54) is 5.56 Å². The zero-order valence-corrected chi connectivity index (χ0v) is 9.27. The molecule has 0 aliphatic carbocycles. The Balaban J connectivity index is 2.13. The molecule has 0 amide bonds. The summed E-state index contributed by atoms with van der Waals surface area (Å²) in [5.41, 5.74) is 2.35. The van der Waals surface area contributed by atoms with Crippen LogP contribution in [0.15, 0.2) is 60.7 Å². The molecule has 1 unspecified atom stereocenters. The molecule has 0 aliphatic rings. The molecule has 1 heteroatoms. The smallest absolute Gasteiger partial charge is 0.0511 e. The molecular formula is C15H17N. The van der Waals surface area contributed by atoms with Gasteiger partial charge >= 0.3 is 0 Å². The third-order valence-electron chi connectivity index (χ3n) is 2.61. The van der Waals surface area contributed by atoms with E-state index in [-0.39, 0.29) is 6.04 Å². The number of anilines is 1. The first-order chi connectivity index (χ1) is 8.40. The van der Waals surface area contributed by atoms with Gasteiger partial charge in [0.25, 0.3) is 0 Å². The van der Waals surface area contributed by atoms with Gasteiger partial charge in [0, 0.05) is 7.06 Å². The van der Waals surface area contributed by atoms with E-state index in [1.807, 2.05) is 36.4 Å². The van der Waals surface area contributed by atoms with E-state index >= 15 is 0 Å². The molecule has 0 aliphatic heterocycles. The molecule has 1 N–H and O–H groups in total. The Morgan fingerprint density at radius 2 is 1.62 bits per heavy atom. The van der Waals surface area contributed by atoms with Crippen LogP contribution in [0.2, 0.25) is 0 Å². The summed E-state index contributed by atoms with van der Waals surface area (Å²) in [7, 11) is 0. The summed E-state index contributed by atoms with van der Waals surface area (Å²) in [6.07, 6.45) is 0.818. The van der Waals surface area contributed by atoms with Crippen molar-refractivity contribution >= 4 is 5.69 Å². The quantitative estimate of drug-likeness (QED) is 0.799. The van der Waals surface area contributed by atoms with Gasteiger partial charge in [-0.3, -0.25) is 0 Å². The SMILES string of the molecule is [2H]CCC(Nc1ccccc1)c1ccccc1. The third-order valence-corrected chi connectivity index (χ3v) is 2.61. The maximum absolute atomic E-state index is 7.41. The fourth-order valence-corrected chi connectivity index (χ4v) is 1.74. The van der Waals surface area contributed by atoms with E-state index < -0.39 is 0 Å². The molecule has 2 rings (SSSR count). The predicted octanol–water partition coefficient (Wildman–Crippen LogP) is 4.25. The average Bonchev–Trinajstić information content (AvgIpc) is 2.40. The van der Waals surface area contributed by atoms with E-state index in [2.05, 4.69) is 29.6 Å². The zero-order valence-electron chi connectivity index (χ0n) is 10.3. The maximum atomic E-state index is 7.41. The fraction of sp³-hybridized carbons (Fsp3) is 0.200. The van der Waals surface area contributed by atoms with Crippen molar-refractivity contribution in [2.75, 3.05) is 5.32 Å². The van der Waals surface area contributed by atoms with Crippen molar-refractivity contribution < 1.29 is 1.37 Å². The number of rotatable bonds is 4. The summed E-state index contributed by atoms with van der Waals surface area (Å²) in [5, 5.41) is 3.48. The molecule has 16 heavy (non-hydrogen) atoms. The Hall–Kier alpha value is -1.76. The van der Waals surface area contributed by atoms with Crippen molar-refractivity contribution in [1.29, 1.82) is 0 Å². The molecule has 2 aromatic carbocycles. The van der Waals surface area contributed by atoms with E-state index in [1.54, 1.807) is 0 Å². The molecule has 0 radical (unpaired) electrons. The van der Waals surface area contributed by atoms with Crippen LogP contribution in [0.1, 0.15) is 26.3 Å². The van der Waals surface area contributed by atoms with Crippen molar-refractivity contribution in [3.8, 4) is 0 Å². The summed E-state index contributed by atoms with van der Waals surface area (Å²) < 4.78 is 7.41. The Bertz CT molecular complexity index is 427. The molecule has 1 atom stereocenters. The van der Waals surface area contributed by atoms with Crippen LogP contribution >= 0.6 is 0 Å². The van der Waals surface area contributed by atoms with Crippen LogP contribution in [0.5, 0.6) is 0 Å². The molecule has 0 fully saturated rings. The molecule has 0 saturated heterocycles. The lowest BCUT2D eigenvalue weighted by Crippen LogP contribution is -2.09. The lowest BCUT2D eigenvalue weighted by Gasteiger charge is -2.18. The molecule has 82 valence electrons. The first-order valence-electron chi connectivity index (χ1n) is 6.26. The van der Waals surface area contributed by atoms with Gasteiger partial charge in [0.05, 0.1) is 6.04 Å². The number of hydrogen-bond donors (Lipinski definition) is 1. The van der Waals surface area contributed by atoms with Crippen molar-refractivity contribution in [2.24, 2.45) is 0 Å². The van der Waals surface area contributed by atoms with Crippen molar-refractivity contribution in [3.63, 3.8) is 0 Å². The maximum Gasteiger partial charge on any atom is 0.0511 e. The molecule has 1 nitrogen and oxygen atoms in total. The Labute approximate surface area is 98.5 Å². The average molecular weight is 212 g/mol. The second-order valence-corrected chi connectivity index (χ2v) is 3.76. The van der Waals surface area contributed by atoms with Gasteiger partial charge in [-0.05, 0) is 24.1 Å². The molecular weight excluding hydrogens is 194 g/mol. The highest BCUT2D eigenvalue weighted by atomic mass is 14.9. The van der Waals surface area contributed by atoms with Crippen LogP contribution in [0.3, 0.4) is 0 Å². The second-order valence-electron chi connectivity index (χ2n) is 3.76. The third kappa shape index (κ3) is 2.63. The minimum atomic E-state index is 0.219. The number of nitrogens with one attached hydrogen (secondary N) is 1. The number of hydrogen-bond acceptors (Lipinski definition) is 1. The van der Waals surface area contributed by atoms with Crippen LogP contribution in [0.25, 0.3) is 0 Å².